The van der Waals surface area contributed by atoms with Gasteiger partial charge < -0.3 is 10.0 Å². The molecule has 1 spiro atoms. The lowest BCUT2D eigenvalue weighted by molar-refractivity contribution is -0.0352. The van der Waals surface area contributed by atoms with E-state index in [1.54, 1.807) is 4.90 Å². The van der Waals surface area contributed by atoms with Gasteiger partial charge in [-0.1, -0.05) is 48.5 Å². The number of nitrogens with zero attached hydrogens (tertiary/aromatic N) is 2. The summed E-state index contributed by atoms with van der Waals surface area (Å²) in [6.07, 6.45) is 1.45. The van der Waals surface area contributed by atoms with Crippen molar-refractivity contribution in [2.75, 3.05) is 26.2 Å². The molecule has 4 nitrogen and oxygen atoms in total. The second-order valence-corrected chi connectivity index (χ2v) is 7.92. The Labute approximate surface area is 155 Å². The molecule has 2 aromatic rings. The minimum Gasteiger partial charge on any atom is -0.465 e. The number of carbonyl (C=O) groups is 1. The quantitative estimate of drug-likeness (QED) is 0.900. The van der Waals surface area contributed by atoms with E-state index in [0.29, 0.717) is 0 Å². The van der Waals surface area contributed by atoms with Crippen molar-refractivity contribution in [1.82, 2.24) is 9.80 Å². The molecular weight excluding hydrogens is 324 g/mol. The number of carboxylic acid groups (broad SMARTS) is 1. The predicted molar refractivity (Wildman–Crippen MR) is 103 cm³/mol. The first-order chi connectivity index (χ1) is 12.5. The molecule has 0 bridgehead atoms. The molecule has 2 aliphatic rings. The largest absolute Gasteiger partial charge is 0.465 e. The van der Waals surface area contributed by atoms with Gasteiger partial charge in [0.2, 0.25) is 0 Å². The third kappa shape index (κ3) is 3.34. The first-order valence-electron chi connectivity index (χ1n) is 9.40. The summed E-state index contributed by atoms with van der Waals surface area (Å²) in [4.78, 5) is 15.1. The van der Waals surface area contributed by atoms with Crippen LogP contribution in [0.4, 0.5) is 4.79 Å². The molecule has 4 rings (SSSR count). The normalized spacial score (nSPS) is 19.3. The zero-order valence-electron chi connectivity index (χ0n) is 15.3. The molecule has 0 unspecified atom stereocenters. The minimum atomic E-state index is -0.771. The number of benzene rings is 2. The SMILES string of the molecule is Cc1cc(-c2ccccc2)ccc1CN1CCC2(CC1)CN(C(=O)O)C2. The molecule has 1 amide bonds. The maximum absolute atomic E-state index is 11.0. The number of piperidine rings is 1. The van der Waals surface area contributed by atoms with E-state index < -0.39 is 6.09 Å². The highest BCUT2D eigenvalue weighted by molar-refractivity contribution is 5.66. The van der Waals surface area contributed by atoms with Crippen LogP contribution in [0.5, 0.6) is 0 Å². The zero-order chi connectivity index (χ0) is 18.1. The summed E-state index contributed by atoms with van der Waals surface area (Å²) in [5, 5.41) is 9.04. The highest BCUT2D eigenvalue weighted by Gasteiger charge is 2.46. The molecule has 1 N–H and O–H groups in total. The highest BCUT2D eigenvalue weighted by Crippen LogP contribution is 2.40. The van der Waals surface area contributed by atoms with Crippen molar-refractivity contribution >= 4 is 6.09 Å². The number of likely N-dealkylation sites (tertiary alicyclic amines) is 2. The fourth-order valence-electron chi connectivity index (χ4n) is 4.32. The average molecular weight is 350 g/mol. The van der Waals surface area contributed by atoms with Crippen LogP contribution in [-0.4, -0.2) is 47.2 Å². The summed E-state index contributed by atoms with van der Waals surface area (Å²) in [5.74, 6) is 0. The Balaban J connectivity index is 1.36. The predicted octanol–water partition coefficient (Wildman–Crippen LogP) is 4.24. The van der Waals surface area contributed by atoms with Gasteiger partial charge in [-0.05, 0) is 55.1 Å². The second-order valence-electron chi connectivity index (χ2n) is 7.92. The van der Waals surface area contributed by atoms with Crippen molar-refractivity contribution in [3.8, 4) is 11.1 Å². The summed E-state index contributed by atoms with van der Waals surface area (Å²) in [5.41, 5.74) is 5.51. The van der Waals surface area contributed by atoms with Crippen LogP contribution < -0.4 is 0 Å². The van der Waals surface area contributed by atoms with Crippen LogP contribution in [0.25, 0.3) is 11.1 Å². The van der Waals surface area contributed by atoms with Gasteiger partial charge in [-0.3, -0.25) is 4.90 Å². The molecule has 2 fully saturated rings. The third-order valence-corrected chi connectivity index (χ3v) is 6.08. The van der Waals surface area contributed by atoms with E-state index in [2.05, 4.69) is 54.3 Å². The molecule has 0 atom stereocenters. The summed E-state index contributed by atoms with van der Waals surface area (Å²) in [6.45, 7) is 6.76. The van der Waals surface area contributed by atoms with Gasteiger partial charge in [0.1, 0.15) is 0 Å². The summed E-state index contributed by atoms with van der Waals surface area (Å²) >= 11 is 0. The number of hydrogen-bond acceptors (Lipinski definition) is 2. The first-order valence-corrected chi connectivity index (χ1v) is 9.40. The van der Waals surface area contributed by atoms with Crippen molar-refractivity contribution in [1.29, 1.82) is 0 Å². The number of hydrogen-bond donors (Lipinski definition) is 1. The molecule has 0 saturated carbocycles. The van der Waals surface area contributed by atoms with Crippen LogP contribution in [0.2, 0.25) is 0 Å². The second kappa shape index (κ2) is 6.76. The maximum atomic E-state index is 11.0. The van der Waals surface area contributed by atoms with Gasteiger partial charge in [0.15, 0.2) is 0 Å². The van der Waals surface area contributed by atoms with Gasteiger partial charge in [0.25, 0.3) is 0 Å². The molecule has 2 heterocycles. The summed E-state index contributed by atoms with van der Waals surface area (Å²) in [7, 11) is 0. The van der Waals surface area contributed by atoms with Crippen molar-refractivity contribution in [3.05, 3.63) is 59.7 Å². The van der Waals surface area contributed by atoms with E-state index in [4.69, 9.17) is 5.11 Å². The van der Waals surface area contributed by atoms with Gasteiger partial charge in [-0.15, -0.1) is 0 Å². The standard InChI is InChI=1S/C22H26N2O2/c1-17-13-19(18-5-3-2-4-6-18)7-8-20(17)14-23-11-9-22(10-12-23)15-24(16-22)21(25)26/h2-8,13H,9-12,14-16H2,1H3,(H,25,26). The van der Waals surface area contributed by atoms with Crippen LogP contribution in [0, 0.1) is 12.3 Å². The molecule has 4 heteroatoms. The summed E-state index contributed by atoms with van der Waals surface area (Å²) < 4.78 is 0. The summed E-state index contributed by atoms with van der Waals surface area (Å²) in [6, 6.07) is 17.3. The van der Waals surface area contributed by atoms with E-state index in [1.165, 1.54) is 22.3 Å². The van der Waals surface area contributed by atoms with E-state index in [0.717, 1.165) is 45.6 Å². The van der Waals surface area contributed by atoms with Gasteiger partial charge in [-0.25, -0.2) is 4.79 Å². The minimum absolute atomic E-state index is 0.251. The Hall–Kier alpha value is -2.33. The van der Waals surface area contributed by atoms with Gasteiger partial charge >= 0.3 is 6.09 Å². The van der Waals surface area contributed by atoms with Gasteiger partial charge in [-0.2, -0.15) is 0 Å². The third-order valence-electron chi connectivity index (χ3n) is 6.08. The van der Waals surface area contributed by atoms with E-state index in [1.807, 2.05) is 6.07 Å². The zero-order valence-corrected chi connectivity index (χ0v) is 15.3. The van der Waals surface area contributed by atoms with Crippen LogP contribution in [0.1, 0.15) is 24.0 Å². The fraction of sp³-hybridized carbons (Fsp3) is 0.409. The van der Waals surface area contributed by atoms with Crippen LogP contribution in [0.3, 0.4) is 0 Å². The van der Waals surface area contributed by atoms with Crippen molar-refractivity contribution in [3.63, 3.8) is 0 Å². The van der Waals surface area contributed by atoms with Gasteiger partial charge in [0.05, 0.1) is 0 Å². The number of aryl methyl sites for hydroxylation is 1. The average Bonchev–Trinajstić information content (AvgIpc) is 2.63. The lowest BCUT2D eigenvalue weighted by atomic mass is 9.72. The van der Waals surface area contributed by atoms with Crippen molar-refractivity contribution < 1.29 is 9.90 Å². The lowest BCUT2D eigenvalue weighted by Gasteiger charge is -2.52. The maximum Gasteiger partial charge on any atom is 0.407 e. The number of amides is 1. The molecular formula is C22H26N2O2. The molecule has 0 aliphatic carbocycles. The topological polar surface area (TPSA) is 43.8 Å². The van der Waals surface area contributed by atoms with Crippen LogP contribution in [-0.2, 0) is 6.54 Å². The van der Waals surface area contributed by atoms with Crippen LogP contribution in [0.15, 0.2) is 48.5 Å². The molecule has 0 aromatic heterocycles. The van der Waals surface area contributed by atoms with Crippen molar-refractivity contribution in [2.24, 2.45) is 5.41 Å². The Morgan fingerprint density at radius 2 is 1.73 bits per heavy atom. The Bertz CT molecular complexity index is 787. The van der Waals surface area contributed by atoms with E-state index in [-0.39, 0.29) is 5.41 Å². The molecule has 2 aromatic carbocycles. The molecule has 0 radical (unpaired) electrons. The Kier molecular flexibility index (Phi) is 4.45. The lowest BCUT2D eigenvalue weighted by Crippen LogP contribution is -2.61. The van der Waals surface area contributed by atoms with Gasteiger partial charge in [0, 0.05) is 25.0 Å². The van der Waals surface area contributed by atoms with Crippen LogP contribution >= 0.6 is 0 Å². The molecule has 2 saturated heterocycles. The Morgan fingerprint density at radius 3 is 2.35 bits per heavy atom. The first kappa shape index (κ1) is 17.1. The smallest absolute Gasteiger partial charge is 0.407 e. The molecule has 136 valence electrons. The van der Waals surface area contributed by atoms with Crippen molar-refractivity contribution in [2.45, 2.75) is 26.3 Å². The molecule has 2 aliphatic heterocycles. The number of rotatable bonds is 3. The highest BCUT2D eigenvalue weighted by atomic mass is 16.4. The fourth-order valence-corrected chi connectivity index (χ4v) is 4.32. The molecule has 26 heavy (non-hydrogen) atoms. The monoisotopic (exact) mass is 350 g/mol. The Morgan fingerprint density at radius 1 is 1.04 bits per heavy atom. The van der Waals surface area contributed by atoms with E-state index >= 15 is 0 Å². The van der Waals surface area contributed by atoms with E-state index in [9.17, 15) is 4.79 Å².